The Morgan fingerprint density at radius 1 is 0.417 bits per heavy atom. The van der Waals surface area contributed by atoms with Crippen LogP contribution >= 0.6 is 0 Å². The molecule has 0 radical (unpaired) electrons. The van der Waals surface area contributed by atoms with E-state index in [9.17, 15) is 0 Å². The van der Waals surface area contributed by atoms with Gasteiger partial charge in [0.2, 0.25) is 11.8 Å². The van der Waals surface area contributed by atoms with Crippen LogP contribution in [-0.4, -0.2) is 30.4 Å². The van der Waals surface area contributed by atoms with E-state index in [1.165, 1.54) is 0 Å². The molecule has 0 unspecified atom stereocenters. The average Bonchev–Trinajstić information content (AvgIpc) is 3.64. The molecule has 4 heterocycles. The van der Waals surface area contributed by atoms with E-state index in [1.807, 2.05) is 97.1 Å². The molecule has 0 atom stereocenters. The highest BCUT2D eigenvalue weighted by molar-refractivity contribution is 5.81. The first-order valence-electron chi connectivity index (χ1n) is 11.3. The van der Waals surface area contributed by atoms with Crippen molar-refractivity contribution >= 4 is 21.8 Å². The fourth-order valence-electron chi connectivity index (χ4n) is 4.04. The minimum atomic E-state index is 0.351. The highest BCUT2D eigenvalue weighted by Gasteiger charge is 2.16. The molecule has 170 valence electrons. The maximum atomic E-state index is 5.95. The van der Waals surface area contributed by atoms with E-state index in [0.29, 0.717) is 35.0 Å². The summed E-state index contributed by atoms with van der Waals surface area (Å²) in [6, 6.07) is 31.0. The highest BCUT2D eigenvalue weighted by atomic mass is 16.4. The summed E-state index contributed by atoms with van der Waals surface area (Å²) >= 11 is 0. The molecule has 0 N–H and O–H groups in total. The van der Waals surface area contributed by atoms with E-state index in [0.717, 1.165) is 32.9 Å². The lowest BCUT2D eigenvalue weighted by molar-refractivity contribution is 0.580. The number of para-hydroxylation sites is 2. The van der Waals surface area contributed by atoms with Crippen molar-refractivity contribution in [2.24, 2.45) is 0 Å². The van der Waals surface area contributed by atoms with Gasteiger partial charge in [0.25, 0.3) is 11.8 Å². The van der Waals surface area contributed by atoms with Crippen LogP contribution in [0.2, 0.25) is 0 Å². The second-order valence-electron chi connectivity index (χ2n) is 8.18. The van der Waals surface area contributed by atoms with Gasteiger partial charge in [-0.3, -0.25) is 0 Å². The molecule has 7 aromatic rings. The van der Waals surface area contributed by atoms with Gasteiger partial charge in [-0.1, -0.05) is 54.6 Å². The van der Waals surface area contributed by atoms with E-state index in [-0.39, 0.29) is 0 Å². The van der Waals surface area contributed by atoms with E-state index in [1.54, 1.807) is 0 Å². The first-order chi connectivity index (χ1) is 17.8. The molecule has 0 fully saturated rings. The van der Waals surface area contributed by atoms with Crippen molar-refractivity contribution in [2.75, 3.05) is 0 Å². The van der Waals surface area contributed by atoms with Gasteiger partial charge in [-0.05, 0) is 42.5 Å². The molecule has 4 aromatic heterocycles. The minimum Gasteiger partial charge on any atom is -0.415 e. The van der Waals surface area contributed by atoms with Gasteiger partial charge >= 0.3 is 0 Å². The summed E-state index contributed by atoms with van der Waals surface area (Å²) in [5.74, 6) is 1.45. The first-order valence-corrected chi connectivity index (χ1v) is 11.3. The summed E-state index contributed by atoms with van der Waals surface area (Å²) in [5, 5.41) is 19.0. The Morgan fingerprint density at radius 3 is 1.42 bits per heavy atom. The molecular weight excluding hydrogens is 452 g/mol. The Bertz CT molecular complexity index is 1740. The number of pyridine rings is 2. The molecule has 36 heavy (non-hydrogen) atoms. The number of aromatic nitrogens is 6. The Balaban J connectivity index is 1.19. The van der Waals surface area contributed by atoms with Gasteiger partial charge in [0.05, 0.1) is 11.0 Å². The summed E-state index contributed by atoms with van der Waals surface area (Å²) < 4.78 is 11.9. The molecular formula is C28H16N6O2. The van der Waals surface area contributed by atoms with Crippen molar-refractivity contribution in [3.63, 3.8) is 0 Å². The zero-order valence-electron chi connectivity index (χ0n) is 18.7. The second-order valence-corrected chi connectivity index (χ2v) is 8.18. The first kappa shape index (κ1) is 20.2. The van der Waals surface area contributed by atoms with E-state index in [2.05, 4.69) is 30.4 Å². The molecule has 0 saturated carbocycles. The Hall–Kier alpha value is -5.24. The van der Waals surface area contributed by atoms with Gasteiger partial charge in [-0.25, -0.2) is 9.97 Å². The molecule has 0 spiro atoms. The van der Waals surface area contributed by atoms with Crippen LogP contribution in [0.1, 0.15) is 0 Å². The molecule has 7 rings (SSSR count). The maximum Gasteiger partial charge on any atom is 0.266 e. The summed E-state index contributed by atoms with van der Waals surface area (Å²) in [4.78, 5) is 9.27. The minimum absolute atomic E-state index is 0.351. The standard InChI is InChI=1S/C28H16N6O2/c1-3-10-21-17(6-1)12-14-23(29-21)27-33-31-25(35-27)19-8-5-9-20(16-19)26-32-34-28(36-26)24-15-13-18-7-2-4-11-22(18)30-24/h1-16H. The third-order valence-electron chi connectivity index (χ3n) is 5.84. The summed E-state index contributed by atoms with van der Waals surface area (Å²) in [6.45, 7) is 0. The molecule has 8 heteroatoms. The fraction of sp³-hybridized carbons (Fsp3) is 0. The predicted octanol–water partition coefficient (Wildman–Crippen LogP) is 6.22. The smallest absolute Gasteiger partial charge is 0.266 e. The topological polar surface area (TPSA) is 104 Å². The normalized spacial score (nSPS) is 11.3. The van der Waals surface area contributed by atoms with Crippen molar-refractivity contribution in [1.82, 2.24) is 30.4 Å². The summed E-state index contributed by atoms with van der Waals surface area (Å²) in [5.41, 5.74) is 4.43. The van der Waals surface area contributed by atoms with Crippen LogP contribution in [0.3, 0.4) is 0 Å². The van der Waals surface area contributed by atoms with Crippen molar-refractivity contribution < 1.29 is 8.83 Å². The van der Waals surface area contributed by atoms with Gasteiger partial charge in [0, 0.05) is 21.9 Å². The summed E-state index contributed by atoms with van der Waals surface area (Å²) in [7, 11) is 0. The van der Waals surface area contributed by atoms with E-state index in [4.69, 9.17) is 8.83 Å². The van der Waals surface area contributed by atoms with Crippen molar-refractivity contribution in [3.8, 4) is 46.1 Å². The molecule has 0 saturated heterocycles. The van der Waals surface area contributed by atoms with Crippen molar-refractivity contribution in [2.45, 2.75) is 0 Å². The van der Waals surface area contributed by atoms with Gasteiger partial charge in [0.1, 0.15) is 11.4 Å². The second kappa shape index (κ2) is 8.21. The van der Waals surface area contributed by atoms with Crippen LogP contribution in [0.5, 0.6) is 0 Å². The van der Waals surface area contributed by atoms with Crippen LogP contribution in [0.15, 0.2) is 106 Å². The fourth-order valence-corrected chi connectivity index (χ4v) is 4.04. The number of benzene rings is 3. The Morgan fingerprint density at radius 2 is 0.889 bits per heavy atom. The lowest BCUT2D eigenvalue weighted by atomic mass is 10.1. The monoisotopic (exact) mass is 468 g/mol. The van der Waals surface area contributed by atoms with Gasteiger partial charge in [-0.15, -0.1) is 20.4 Å². The average molecular weight is 468 g/mol. The molecule has 0 aliphatic rings. The Labute approximate surface area is 204 Å². The lowest BCUT2D eigenvalue weighted by Crippen LogP contribution is -1.84. The Kier molecular flexibility index (Phi) is 4.60. The third kappa shape index (κ3) is 3.57. The quantitative estimate of drug-likeness (QED) is 0.300. The van der Waals surface area contributed by atoms with Crippen LogP contribution in [0.4, 0.5) is 0 Å². The molecule has 0 aliphatic carbocycles. The molecule has 0 aliphatic heterocycles. The van der Waals surface area contributed by atoms with Crippen molar-refractivity contribution in [1.29, 1.82) is 0 Å². The van der Waals surface area contributed by atoms with Crippen LogP contribution < -0.4 is 0 Å². The van der Waals surface area contributed by atoms with Gasteiger partial charge < -0.3 is 8.83 Å². The van der Waals surface area contributed by atoms with Crippen LogP contribution in [-0.2, 0) is 0 Å². The lowest BCUT2D eigenvalue weighted by Gasteiger charge is -2.00. The van der Waals surface area contributed by atoms with Crippen LogP contribution in [0.25, 0.3) is 67.9 Å². The summed E-state index contributed by atoms with van der Waals surface area (Å²) in [6.07, 6.45) is 0. The SMILES string of the molecule is c1cc(-c2nnc(-c3ccc4ccccc4n3)o2)cc(-c2nnc(-c3ccc4ccccc4n3)o2)c1. The van der Waals surface area contributed by atoms with Gasteiger partial charge in [0.15, 0.2) is 0 Å². The highest BCUT2D eigenvalue weighted by Crippen LogP contribution is 2.29. The third-order valence-corrected chi connectivity index (χ3v) is 5.84. The molecule has 3 aromatic carbocycles. The van der Waals surface area contributed by atoms with E-state index < -0.39 is 0 Å². The van der Waals surface area contributed by atoms with Gasteiger partial charge in [-0.2, -0.15) is 0 Å². The van der Waals surface area contributed by atoms with Crippen molar-refractivity contribution in [3.05, 3.63) is 97.1 Å². The van der Waals surface area contributed by atoms with E-state index >= 15 is 0 Å². The largest absolute Gasteiger partial charge is 0.415 e. The number of hydrogen-bond acceptors (Lipinski definition) is 8. The number of nitrogens with zero attached hydrogens (tertiary/aromatic N) is 6. The molecule has 0 amide bonds. The molecule has 0 bridgehead atoms. The number of rotatable bonds is 4. The number of hydrogen-bond donors (Lipinski definition) is 0. The predicted molar refractivity (Wildman–Crippen MR) is 134 cm³/mol. The zero-order chi connectivity index (χ0) is 23.9. The van der Waals surface area contributed by atoms with Crippen LogP contribution in [0, 0.1) is 0 Å². The number of fused-ring (bicyclic) bond motifs is 2. The molecule has 8 nitrogen and oxygen atoms in total. The zero-order valence-corrected chi connectivity index (χ0v) is 18.7. The maximum absolute atomic E-state index is 5.95.